The largest absolute Gasteiger partial charge is 0.314 e. The number of fused-ring (bicyclic) bond motifs is 2. The molecule has 3 aliphatic rings. The number of carbonyl (C=O) groups is 2. The lowest BCUT2D eigenvalue weighted by atomic mass is 10.0. The van der Waals surface area contributed by atoms with Crippen LogP contribution in [0.25, 0.3) is 0 Å². The van der Waals surface area contributed by atoms with Crippen LogP contribution >= 0.6 is 23.5 Å². The summed E-state index contributed by atoms with van der Waals surface area (Å²) in [5.74, 6) is 1.71. The molecule has 0 aromatic rings. The predicted molar refractivity (Wildman–Crippen MR) is 74.3 cm³/mol. The molecule has 6 heteroatoms. The summed E-state index contributed by atoms with van der Waals surface area (Å²) in [6.45, 7) is 8.13. The molecule has 18 heavy (non-hydrogen) atoms. The predicted octanol–water partition coefficient (Wildman–Crippen LogP) is 1.36. The van der Waals surface area contributed by atoms with Crippen molar-refractivity contribution in [2.45, 2.75) is 49.5 Å². The van der Waals surface area contributed by atoms with Gasteiger partial charge in [-0.05, 0) is 27.7 Å². The molecule has 3 heterocycles. The lowest BCUT2D eigenvalue weighted by Gasteiger charge is -2.46. The fourth-order valence-electron chi connectivity index (χ4n) is 3.13. The smallest absolute Gasteiger partial charge is 0.248 e. The van der Waals surface area contributed by atoms with E-state index in [1.54, 1.807) is 23.5 Å². The molecule has 0 aliphatic carbocycles. The van der Waals surface area contributed by atoms with Gasteiger partial charge in [0.1, 0.15) is 12.1 Å². The van der Waals surface area contributed by atoms with E-state index >= 15 is 0 Å². The van der Waals surface area contributed by atoms with Gasteiger partial charge < -0.3 is 9.80 Å². The number of thioether (sulfide) groups is 2. The average molecular weight is 286 g/mol. The van der Waals surface area contributed by atoms with Gasteiger partial charge in [0.15, 0.2) is 0 Å². The van der Waals surface area contributed by atoms with Gasteiger partial charge in [-0.1, -0.05) is 0 Å². The van der Waals surface area contributed by atoms with Crippen molar-refractivity contribution in [3.8, 4) is 0 Å². The number of nitrogens with zero attached hydrogens (tertiary/aromatic N) is 2. The molecule has 0 aromatic heterocycles. The van der Waals surface area contributed by atoms with Crippen LogP contribution in [0.4, 0.5) is 0 Å². The van der Waals surface area contributed by atoms with Gasteiger partial charge in [-0.15, -0.1) is 23.5 Å². The minimum absolute atomic E-state index is 0.132. The monoisotopic (exact) mass is 286 g/mol. The summed E-state index contributed by atoms with van der Waals surface area (Å²) >= 11 is 3.40. The van der Waals surface area contributed by atoms with E-state index in [1.165, 1.54) is 0 Å². The van der Waals surface area contributed by atoms with Gasteiger partial charge in [-0.3, -0.25) is 9.59 Å². The second-order valence-electron chi connectivity index (χ2n) is 5.96. The van der Waals surface area contributed by atoms with E-state index < -0.39 is 0 Å². The molecule has 3 fully saturated rings. The first kappa shape index (κ1) is 12.7. The summed E-state index contributed by atoms with van der Waals surface area (Å²) < 4.78 is 0. The summed E-state index contributed by atoms with van der Waals surface area (Å²) in [6, 6.07) is -0.515. The van der Waals surface area contributed by atoms with Crippen molar-refractivity contribution in [3.63, 3.8) is 0 Å². The minimum atomic E-state index is -0.258. The summed E-state index contributed by atoms with van der Waals surface area (Å²) in [7, 11) is 0. The van der Waals surface area contributed by atoms with Crippen molar-refractivity contribution in [2.24, 2.45) is 0 Å². The summed E-state index contributed by atoms with van der Waals surface area (Å²) in [4.78, 5) is 28.4. The minimum Gasteiger partial charge on any atom is -0.314 e. The highest BCUT2D eigenvalue weighted by Gasteiger charge is 2.59. The lowest BCUT2D eigenvalue weighted by Crippen LogP contribution is -2.67. The Morgan fingerprint density at radius 3 is 1.56 bits per heavy atom. The average Bonchev–Trinajstić information content (AvgIpc) is 2.73. The van der Waals surface area contributed by atoms with E-state index in [9.17, 15) is 9.59 Å². The van der Waals surface area contributed by atoms with E-state index in [0.717, 1.165) is 11.5 Å². The summed E-state index contributed by atoms with van der Waals surface area (Å²) in [6.07, 6.45) is 0. The maximum absolute atomic E-state index is 12.6. The number of carbonyl (C=O) groups excluding carboxylic acids is 2. The first-order valence-electron chi connectivity index (χ1n) is 6.20. The summed E-state index contributed by atoms with van der Waals surface area (Å²) in [5, 5.41) is 0. The molecular formula is C12H18N2O2S2. The SMILES string of the molecule is CC1(C)SC[C@@H]2C(=O)N3[C@H](CSC3(C)C)C(=O)N21. The Kier molecular flexibility index (Phi) is 2.53. The quantitative estimate of drug-likeness (QED) is 0.674. The Labute approximate surface area is 116 Å². The molecule has 4 nitrogen and oxygen atoms in total. The molecule has 3 aliphatic heterocycles. The number of hydrogen-bond acceptors (Lipinski definition) is 4. The van der Waals surface area contributed by atoms with Gasteiger partial charge in [0, 0.05) is 11.5 Å². The zero-order valence-electron chi connectivity index (χ0n) is 11.1. The molecule has 3 saturated heterocycles. The molecule has 0 aromatic carbocycles. The highest BCUT2D eigenvalue weighted by molar-refractivity contribution is 8.01. The van der Waals surface area contributed by atoms with Crippen molar-refractivity contribution in [1.82, 2.24) is 9.80 Å². The van der Waals surface area contributed by atoms with E-state index in [0.29, 0.717) is 0 Å². The molecule has 0 radical (unpaired) electrons. The maximum atomic E-state index is 12.6. The zero-order chi connectivity index (χ0) is 13.3. The maximum Gasteiger partial charge on any atom is 0.248 e. The molecule has 0 bridgehead atoms. The number of amides is 2. The fraction of sp³-hybridized carbons (Fsp3) is 0.833. The number of rotatable bonds is 0. The highest BCUT2D eigenvalue weighted by Crippen LogP contribution is 2.48. The second-order valence-corrected chi connectivity index (χ2v) is 9.21. The Bertz CT molecular complexity index is 396. The van der Waals surface area contributed by atoms with Crippen LogP contribution in [0.1, 0.15) is 27.7 Å². The Balaban J connectivity index is 2.02. The van der Waals surface area contributed by atoms with Crippen molar-refractivity contribution < 1.29 is 9.59 Å². The molecule has 0 spiro atoms. The topological polar surface area (TPSA) is 40.6 Å². The van der Waals surface area contributed by atoms with Crippen molar-refractivity contribution in [2.75, 3.05) is 11.5 Å². The lowest BCUT2D eigenvalue weighted by molar-refractivity contribution is -0.163. The first-order chi connectivity index (χ1) is 8.26. The van der Waals surface area contributed by atoms with Gasteiger partial charge in [0.05, 0.1) is 9.74 Å². The van der Waals surface area contributed by atoms with Crippen molar-refractivity contribution in [3.05, 3.63) is 0 Å². The Morgan fingerprint density at radius 1 is 0.889 bits per heavy atom. The second kappa shape index (κ2) is 3.60. The summed E-state index contributed by atoms with van der Waals surface area (Å²) in [5.41, 5.74) is 0. The van der Waals surface area contributed by atoms with Crippen molar-refractivity contribution >= 4 is 35.3 Å². The van der Waals surface area contributed by atoms with Crippen LogP contribution in [0.3, 0.4) is 0 Å². The molecule has 0 unspecified atom stereocenters. The third kappa shape index (κ3) is 1.48. The van der Waals surface area contributed by atoms with Gasteiger partial charge in [0.2, 0.25) is 11.8 Å². The van der Waals surface area contributed by atoms with Gasteiger partial charge in [-0.2, -0.15) is 0 Å². The van der Waals surface area contributed by atoms with Crippen LogP contribution in [0.5, 0.6) is 0 Å². The highest BCUT2D eigenvalue weighted by atomic mass is 32.2. The Morgan fingerprint density at radius 2 is 1.22 bits per heavy atom. The van der Waals surface area contributed by atoms with E-state index in [-0.39, 0.29) is 33.6 Å². The zero-order valence-corrected chi connectivity index (χ0v) is 12.7. The van der Waals surface area contributed by atoms with E-state index in [2.05, 4.69) is 0 Å². The molecule has 0 saturated carbocycles. The van der Waals surface area contributed by atoms with Crippen LogP contribution < -0.4 is 0 Å². The third-order valence-electron chi connectivity index (χ3n) is 4.02. The van der Waals surface area contributed by atoms with Crippen LogP contribution in [0, 0.1) is 0 Å². The first-order valence-corrected chi connectivity index (χ1v) is 8.17. The van der Waals surface area contributed by atoms with Gasteiger partial charge in [0.25, 0.3) is 0 Å². The van der Waals surface area contributed by atoms with Crippen LogP contribution in [0.2, 0.25) is 0 Å². The molecule has 2 amide bonds. The van der Waals surface area contributed by atoms with Gasteiger partial charge >= 0.3 is 0 Å². The standard InChI is InChI=1S/C12H18N2O2S2/c1-11(2)13-7(5-17-11)10(16)14-8(9(13)15)6-18-12(14,3)4/h7-8H,5-6H2,1-4H3/t7-,8-/m1/s1. The fourth-order valence-corrected chi connectivity index (χ4v) is 5.55. The van der Waals surface area contributed by atoms with Crippen molar-refractivity contribution in [1.29, 1.82) is 0 Å². The van der Waals surface area contributed by atoms with E-state index in [1.807, 2.05) is 37.5 Å². The van der Waals surface area contributed by atoms with E-state index in [4.69, 9.17) is 0 Å². The molecule has 2 atom stereocenters. The third-order valence-corrected chi connectivity index (χ3v) is 6.79. The molecule has 3 rings (SSSR count). The van der Waals surface area contributed by atoms with Gasteiger partial charge in [-0.25, -0.2) is 0 Å². The molecule has 0 N–H and O–H groups in total. The number of piperazine rings is 1. The van der Waals surface area contributed by atoms with Crippen LogP contribution in [0.15, 0.2) is 0 Å². The number of hydrogen-bond donors (Lipinski definition) is 0. The Hall–Kier alpha value is -0.360. The van der Waals surface area contributed by atoms with Crippen LogP contribution in [-0.4, -0.2) is 54.9 Å². The normalized spacial score (nSPS) is 36.9. The molecular weight excluding hydrogens is 268 g/mol. The van der Waals surface area contributed by atoms with Crippen LogP contribution in [-0.2, 0) is 9.59 Å². The molecule has 100 valence electrons.